The van der Waals surface area contributed by atoms with E-state index in [4.69, 9.17) is 0 Å². The summed E-state index contributed by atoms with van der Waals surface area (Å²) in [6.07, 6.45) is 0. The highest BCUT2D eigenvalue weighted by atomic mass is 16.5. The van der Waals surface area contributed by atoms with Crippen LogP contribution in [0.15, 0.2) is 30.3 Å². The summed E-state index contributed by atoms with van der Waals surface area (Å²) in [6, 6.07) is 9.27. The van der Waals surface area contributed by atoms with E-state index in [0.29, 0.717) is 12.1 Å². The van der Waals surface area contributed by atoms with Gasteiger partial charge in [-0.3, -0.25) is 9.48 Å². The Labute approximate surface area is 141 Å². The van der Waals surface area contributed by atoms with E-state index < -0.39 is 11.5 Å². The standard InChI is InChI=1S/C18H23N3O3/c1-12-10-13(2)21(20-12)11-14-6-8-15(9-7-14)16(22)19-18(3,4)17(23)24-5/h6-10H,11H2,1-5H3,(H,19,22). The molecule has 0 atom stereocenters. The number of aryl methyl sites for hydroxylation is 2. The molecule has 2 rings (SSSR count). The Kier molecular flexibility index (Phi) is 5.07. The predicted octanol–water partition coefficient (Wildman–Crippen LogP) is 2.23. The first-order valence-electron chi connectivity index (χ1n) is 7.74. The SMILES string of the molecule is COC(=O)C(C)(C)NC(=O)c1ccc(Cn2nc(C)cc2C)cc1. The zero-order valence-electron chi connectivity index (χ0n) is 14.7. The predicted molar refractivity (Wildman–Crippen MR) is 90.8 cm³/mol. The first-order chi connectivity index (χ1) is 11.2. The summed E-state index contributed by atoms with van der Waals surface area (Å²) in [7, 11) is 1.30. The van der Waals surface area contributed by atoms with Crippen LogP contribution in [0.2, 0.25) is 0 Å². The summed E-state index contributed by atoms with van der Waals surface area (Å²) in [4.78, 5) is 23.9. The lowest BCUT2D eigenvalue weighted by molar-refractivity contribution is -0.146. The van der Waals surface area contributed by atoms with Gasteiger partial charge >= 0.3 is 5.97 Å². The van der Waals surface area contributed by atoms with Crippen molar-refractivity contribution in [2.45, 2.75) is 39.8 Å². The van der Waals surface area contributed by atoms with Gasteiger partial charge in [0.1, 0.15) is 5.54 Å². The van der Waals surface area contributed by atoms with Gasteiger partial charge in [-0.25, -0.2) is 4.79 Å². The normalized spacial score (nSPS) is 11.2. The van der Waals surface area contributed by atoms with E-state index in [1.54, 1.807) is 26.0 Å². The number of benzene rings is 1. The summed E-state index contributed by atoms with van der Waals surface area (Å²) in [6.45, 7) is 7.83. The van der Waals surface area contributed by atoms with Gasteiger partial charge in [0.2, 0.25) is 0 Å². The van der Waals surface area contributed by atoms with Crippen LogP contribution in [0.1, 0.15) is 41.2 Å². The van der Waals surface area contributed by atoms with Gasteiger partial charge in [0, 0.05) is 11.3 Å². The molecule has 0 unspecified atom stereocenters. The Hall–Kier alpha value is -2.63. The summed E-state index contributed by atoms with van der Waals surface area (Å²) >= 11 is 0. The number of amides is 1. The monoisotopic (exact) mass is 329 g/mol. The number of methoxy groups -OCH3 is 1. The molecule has 2 aromatic rings. The molecule has 0 saturated heterocycles. The molecule has 128 valence electrons. The maximum Gasteiger partial charge on any atom is 0.330 e. The number of carbonyl (C=O) groups excluding carboxylic acids is 2. The van der Waals surface area contributed by atoms with Crippen molar-refractivity contribution in [1.82, 2.24) is 15.1 Å². The Morgan fingerprint density at radius 3 is 2.33 bits per heavy atom. The van der Waals surface area contributed by atoms with Crippen LogP contribution in [-0.2, 0) is 16.1 Å². The van der Waals surface area contributed by atoms with Gasteiger partial charge in [0.05, 0.1) is 19.3 Å². The second-order valence-electron chi connectivity index (χ2n) is 6.35. The van der Waals surface area contributed by atoms with Crippen molar-refractivity contribution in [1.29, 1.82) is 0 Å². The second kappa shape index (κ2) is 6.86. The van der Waals surface area contributed by atoms with Crippen LogP contribution in [0.5, 0.6) is 0 Å². The molecule has 0 aliphatic heterocycles. The number of hydrogen-bond donors (Lipinski definition) is 1. The molecule has 1 N–H and O–H groups in total. The number of carbonyl (C=O) groups is 2. The maximum absolute atomic E-state index is 12.3. The van der Waals surface area contributed by atoms with Gasteiger partial charge in [0.25, 0.3) is 5.91 Å². The average Bonchev–Trinajstić information content (AvgIpc) is 2.84. The van der Waals surface area contributed by atoms with Crippen molar-refractivity contribution in [2.75, 3.05) is 7.11 Å². The fourth-order valence-electron chi connectivity index (χ4n) is 2.43. The third kappa shape index (κ3) is 4.01. The molecule has 1 heterocycles. The number of hydrogen-bond acceptors (Lipinski definition) is 4. The van der Waals surface area contributed by atoms with Crippen LogP contribution < -0.4 is 5.32 Å². The van der Waals surface area contributed by atoms with Gasteiger partial charge in [-0.15, -0.1) is 0 Å². The molecule has 1 aromatic heterocycles. The van der Waals surface area contributed by atoms with E-state index in [-0.39, 0.29) is 5.91 Å². The Balaban J connectivity index is 2.07. The first-order valence-corrected chi connectivity index (χ1v) is 7.74. The van der Waals surface area contributed by atoms with Crippen LogP contribution in [0, 0.1) is 13.8 Å². The lowest BCUT2D eigenvalue weighted by Gasteiger charge is -2.23. The summed E-state index contributed by atoms with van der Waals surface area (Å²) < 4.78 is 6.61. The molecule has 6 heteroatoms. The van der Waals surface area contributed by atoms with E-state index in [1.165, 1.54) is 7.11 Å². The van der Waals surface area contributed by atoms with Crippen molar-refractivity contribution in [3.05, 3.63) is 52.8 Å². The molecule has 0 saturated carbocycles. The van der Waals surface area contributed by atoms with Crippen molar-refractivity contribution in [3.8, 4) is 0 Å². The van der Waals surface area contributed by atoms with Crippen LogP contribution in [0.4, 0.5) is 0 Å². The quantitative estimate of drug-likeness (QED) is 0.854. The van der Waals surface area contributed by atoms with Gasteiger partial charge < -0.3 is 10.1 Å². The molecule has 6 nitrogen and oxygen atoms in total. The number of aromatic nitrogens is 2. The van der Waals surface area contributed by atoms with Crippen LogP contribution in [0.3, 0.4) is 0 Å². The summed E-state index contributed by atoms with van der Waals surface area (Å²) in [5.41, 5.74) is 2.53. The highest BCUT2D eigenvalue weighted by Crippen LogP contribution is 2.11. The highest BCUT2D eigenvalue weighted by molar-refractivity contribution is 5.97. The van der Waals surface area contributed by atoms with Gasteiger partial charge in [0.15, 0.2) is 0 Å². The minimum atomic E-state index is -1.08. The van der Waals surface area contributed by atoms with Crippen LogP contribution in [-0.4, -0.2) is 34.3 Å². The third-order valence-corrected chi connectivity index (χ3v) is 3.77. The lowest BCUT2D eigenvalue weighted by Crippen LogP contribution is -2.50. The molecule has 0 fully saturated rings. The molecular formula is C18H23N3O3. The summed E-state index contributed by atoms with van der Waals surface area (Å²) in [5, 5.41) is 7.10. The molecule has 1 aromatic carbocycles. The zero-order valence-corrected chi connectivity index (χ0v) is 14.7. The maximum atomic E-state index is 12.3. The molecule has 0 radical (unpaired) electrons. The molecule has 0 aliphatic carbocycles. The van der Waals surface area contributed by atoms with Crippen molar-refractivity contribution in [3.63, 3.8) is 0 Å². The lowest BCUT2D eigenvalue weighted by atomic mass is 10.0. The number of rotatable bonds is 5. The second-order valence-corrected chi connectivity index (χ2v) is 6.35. The zero-order chi connectivity index (χ0) is 17.9. The number of ether oxygens (including phenoxy) is 1. The number of nitrogens with zero attached hydrogens (tertiary/aromatic N) is 2. The molecule has 0 bridgehead atoms. The van der Waals surface area contributed by atoms with Crippen molar-refractivity contribution in [2.24, 2.45) is 0 Å². The first kappa shape index (κ1) is 17.7. The Morgan fingerprint density at radius 1 is 1.21 bits per heavy atom. The third-order valence-electron chi connectivity index (χ3n) is 3.77. The van der Waals surface area contributed by atoms with Gasteiger partial charge in [-0.1, -0.05) is 12.1 Å². The van der Waals surface area contributed by atoms with E-state index in [9.17, 15) is 9.59 Å². The van der Waals surface area contributed by atoms with E-state index in [1.807, 2.05) is 36.7 Å². The topological polar surface area (TPSA) is 73.2 Å². The van der Waals surface area contributed by atoms with Gasteiger partial charge in [-0.05, 0) is 51.5 Å². The van der Waals surface area contributed by atoms with E-state index >= 15 is 0 Å². The highest BCUT2D eigenvalue weighted by Gasteiger charge is 2.30. The fourth-order valence-corrected chi connectivity index (χ4v) is 2.43. The van der Waals surface area contributed by atoms with Crippen LogP contribution >= 0.6 is 0 Å². The average molecular weight is 329 g/mol. The molecule has 0 spiro atoms. The Morgan fingerprint density at radius 2 is 1.83 bits per heavy atom. The molecule has 24 heavy (non-hydrogen) atoms. The van der Waals surface area contributed by atoms with Crippen LogP contribution in [0.25, 0.3) is 0 Å². The van der Waals surface area contributed by atoms with E-state index in [2.05, 4.69) is 15.2 Å². The summed E-state index contributed by atoms with van der Waals surface area (Å²) in [5.74, 6) is -0.805. The van der Waals surface area contributed by atoms with Gasteiger partial charge in [-0.2, -0.15) is 5.10 Å². The Bertz CT molecular complexity index is 745. The van der Waals surface area contributed by atoms with Crippen molar-refractivity contribution >= 4 is 11.9 Å². The molecule has 0 aliphatic rings. The minimum Gasteiger partial charge on any atom is -0.467 e. The minimum absolute atomic E-state index is 0.317. The van der Waals surface area contributed by atoms with Crippen molar-refractivity contribution < 1.29 is 14.3 Å². The largest absolute Gasteiger partial charge is 0.467 e. The number of esters is 1. The fraction of sp³-hybridized carbons (Fsp3) is 0.389. The molecular weight excluding hydrogens is 306 g/mol. The molecule has 1 amide bonds. The van der Waals surface area contributed by atoms with E-state index in [0.717, 1.165) is 17.0 Å². The smallest absolute Gasteiger partial charge is 0.330 e. The number of nitrogens with one attached hydrogen (secondary N) is 1.